The molecule has 2 N–H and O–H groups in total. The Balaban J connectivity index is 1.06. The Morgan fingerprint density at radius 2 is 1.59 bits per heavy atom. The summed E-state index contributed by atoms with van der Waals surface area (Å²) in [6, 6.07) is 19.2. The molecule has 4 aliphatic heterocycles. The number of fused-ring (bicyclic) bond motifs is 3. The number of carbonyl (C=O) groups is 2. The Morgan fingerprint density at radius 3 is 2.27 bits per heavy atom. The van der Waals surface area contributed by atoms with E-state index in [1.165, 1.54) is 11.1 Å². The zero-order valence-electron chi connectivity index (χ0n) is 21.1. The molecule has 0 aliphatic carbocycles. The first-order valence-corrected chi connectivity index (χ1v) is 13.4. The smallest absolute Gasteiger partial charge is 0.227 e. The summed E-state index contributed by atoms with van der Waals surface area (Å²) in [7, 11) is 0. The highest BCUT2D eigenvalue weighted by atomic mass is 16.2. The molecule has 4 aliphatic rings. The number of hydrogen-bond acceptors (Lipinski definition) is 5. The average molecular weight is 499 g/mol. The lowest BCUT2D eigenvalue weighted by molar-refractivity contribution is -0.146. The predicted molar refractivity (Wildman–Crippen MR) is 141 cm³/mol. The Bertz CT molecular complexity index is 1250. The van der Waals surface area contributed by atoms with Gasteiger partial charge in [-0.1, -0.05) is 59.8 Å². The molecule has 192 valence electrons. The van der Waals surface area contributed by atoms with E-state index in [2.05, 4.69) is 63.7 Å². The van der Waals surface area contributed by atoms with E-state index < -0.39 is 0 Å². The van der Waals surface area contributed by atoms with Crippen LogP contribution in [0.15, 0.2) is 60.8 Å². The van der Waals surface area contributed by atoms with Crippen LogP contribution in [0, 0.1) is 17.8 Å². The molecule has 0 spiro atoms. The normalized spacial score (nSPS) is 25.8. The maximum Gasteiger partial charge on any atom is 0.227 e. The van der Waals surface area contributed by atoms with Crippen LogP contribution < -0.4 is 5.73 Å². The van der Waals surface area contributed by atoms with Crippen LogP contribution in [0.1, 0.15) is 25.7 Å². The molecule has 4 atom stereocenters. The lowest BCUT2D eigenvalue weighted by Gasteiger charge is -2.50. The van der Waals surface area contributed by atoms with Crippen LogP contribution in [-0.4, -0.2) is 68.8 Å². The quantitative estimate of drug-likeness (QED) is 0.563. The minimum atomic E-state index is -0.238. The van der Waals surface area contributed by atoms with Crippen molar-refractivity contribution < 1.29 is 9.59 Å². The van der Waals surface area contributed by atoms with E-state index in [1.807, 2.05) is 21.8 Å². The molecule has 1 aromatic heterocycles. The number of benzene rings is 2. The van der Waals surface area contributed by atoms with Crippen LogP contribution in [0.5, 0.6) is 0 Å². The molecule has 2 amide bonds. The molecule has 5 heterocycles. The number of amides is 2. The molecule has 7 rings (SSSR count). The highest BCUT2D eigenvalue weighted by Gasteiger charge is 2.45. The summed E-state index contributed by atoms with van der Waals surface area (Å²) < 4.78 is 1.96. The van der Waals surface area contributed by atoms with Gasteiger partial charge >= 0.3 is 0 Å². The van der Waals surface area contributed by atoms with Crippen LogP contribution in [0.25, 0.3) is 22.4 Å². The predicted octanol–water partition coefficient (Wildman–Crippen LogP) is 3.05. The lowest BCUT2D eigenvalue weighted by Crippen LogP contribution is -2.59. The summed E-state index contributed by atoms with van der Waals surface area (Å²) in [5, 5.41) is 8.87. The van der Waals surface area contributed by atoms with Gasteiger partial charge in [0.15, 0.2) is 0 Å². The van der Waals surface area contributed by atoms with Gasteiger partial charge in [-0.05, 0) is 49.3 Å². The molecule has 8 heteroatoms. The standard InChI is InChI=1S/C29H34N6O2/c30-28(36)23-10-13-33(14-11-23)29(37)26-18-34-15-12-24(26)16-25(34)17-35-19-27(31-32-35)22-8-6-21(7-9-22)20-4-2-1-3-5-20/h1-9,19,23-26H,10-18H2,(H2,30,36)/t24?,25-,26+/m1/s1. The van der Waals surface area contributed by atoms with E-state index in [0.717, 1.165) is 43.7 Å². The number of nitrogens with two attached hydrogens (primary N) is 1. The van der Waals surface area contributed by atoms with Crippen LogP contribution in [-0.2, 0) is 16.1 Å². The van der Waals surface area contributed by atoms with Crippen LogP contribution in [0.2, 0.25) is 0 Å². The number of rotatable bonds is 6. The van der Waals surface area contributed by atoms with Gasteiger partial charge in [-0.25, -0.2) is 0 Å². The molecule has 0 saturated carbocycles. The zero-order valence-corrected chi connectivity index (χ0v) is 21.1. The third kappa shape index (κ3) is 4.90. The van der Waals surface area contributed by atoms with Crippen molar-refractivity contribution in [2.24, 2.45) is 23.5 Å². The molecular weight excluding hydrogens is 464 g/mol. The molecule has 3 aromatic rings. The summed E-state index contributed by atoms with van der Waals surface area (Å²) in [5.41, 5.74) is 9.78. The van der Waals surface area contributed by atoms with Gasteiger partial charge in [-0.3, -0.25) is 19.2 Å². The largest absolute Gasteiger partial charge is 0.369 e. The summed E-state index contributed by atoms with van der Waals surface area (Å²) in [6.45, 7) is 3.93. The average Bonchev–Trinajstić information content (AvgIpc) is 3.42. The monoisotopic (exact) mass is 498 g/mol. The van der Waals surface area contributed by atoms with E-state index in [4.69, 9.17) is 5.73 Å². The zero-order chi connectivity index (χ0) is 25.4. The first-order valence-electron chi connectivity index (χ1n) is 13.4. The van der Waals surface area contributed by atoms with Gasteiger partial charge in [0.1, 0.15) is 5.69 Å². The fourth-order valence-corrected chi connectivity index (χ4v) is 6.43. The number of aromatic nitrogens is 3. The van der Waals surface area contributed by atoms with E-state index in [9.17, 15) is 9.59 Å². The van der Waals surface area contributed by atoms with Gasteiger partial charge in [0.25, 0.3) is 0 Å². The van der Waals surface area contributed by atoms with Gasteiger partial charge in [0.05, 0.1) is 18.7 Å². The highest BCUT2D eigenvalue weighted by Crippen LogP contribution is 2.38. The van der Waals surface area contributed by atoms with Crippen molar-refractivity contribution in [3.63, 3.8) is 0 Å². The third-order valence-corrected chi connectivity index (χ3v) is 8.63. The van der Waals surface area contributed by atoms with Crippen molar-refractivity contribution in [2.45, 2.75) is 38.3 Å². The van der Waals surface area contributed by atoms with E-state index >= 15 is 0 Å². The SMILES string of the molecule is NC(=O)C1CCN(C(=O)[C@H]2CN3CCC2C[C@@H]3Cn2cc(-c3ccc(-c4ccccc4)cc3)nn2)CC1. The Hall–Kier alpha value is -3.52. The van der Waals surface area contributed by atoms with Crippen molar-refractivity contribution in [1.29, 1.82) is 0 Å². The topological polar surface area (TPSA) is 97.3 Å². The molecule has 8 nitrogen and oxygen atoms in total. The Morgan fingerprint density at radius 1 is 0.892 bits per heavy atom. The number of nitrogens with zero attached hydrogens (tertiary/aromatic N) is 5. The van der Waals surface area contributed by atoms with Gasteiger partial charge in [0, 0.05) is 37.2 Å². The molecular formula is C29H34N6O2. The molecule has 37 heavy (non-hydrogen) atoms. The van der Waals surface area contributed by atoms with Gasteiger partial charge in [0.2, 0.25) is 11.8 Å². The van der Waals surface area contributed by atoms with Crippen molar-refractivity contribution in [2.75, 3.05) is 26.2 Å². The van der Waals surface area contributed by atoms with Gasteiger partial charge in [-0.15, -0.1) is 5.10 Å². The summed E-state index contributed by atoms with van der Waals surface area (Å²) in [4.78, 5) is 29.2. The second kappa shape index (κ2) is 10.1. The molecule has 4 fully saturated rings. The molecule has 2 bridgehead atoms. The summed E-state index contributed by atoms with van der Waals surface area (Å²) in [5.74, 6) is 0.403. The third-order valence-electron chi connectivity index (χ3n) is 8.63. The number of carbonyl (C=O) groups excluding carboxylic acids is 2. The van der Waals surface area contributed by atoms with Crippen molar-refractivity contribution >= 4 is 11.8 Å². The van der Waals surface area contributed by atoms with E-state index in [1.54, 1.807) is 0 Å². The van der Waals surface area contributed by atoms with Crippen LogP contribution >= 0.6 is 0 Å². The lowest BCUT2D eigenvalue weighted by atomic mass is 9.74. The number of likely N-dealkylation sites (tertiary alicyclic amines) is 1. The maximum absolute atomic E-state index is 13.3. The van der Waals surface area contributed by atoms with E-state index in [0.29, 0.717) is 37.9 Å². The summed E-state index contributed by atoms with van der Waals surface area (Å²) >= 11 is 0. The number of piperidine rings is 4. The summed E-state index contributed by atoms with van der Waals surface area (Å²) in [6.07, 6.45) is 5.49. The first-order chi connectivity index (χ1) is 18.0. The minimum Gasteiger partial charge on any atom is -0.369 e. The second-order valence-electron chi connectivity index (χ2n) is 10.8. The van der Waals surface area contributed by atoms with Crippen LogP contribution in [0.4, 0.5) is 0 Å². The number of primary amides is 1. The van der Waals surface area contributed by atoms with Crippen LogP contribution in [0.3, 0.4) is 0 Å². The molecule has 2 aromatic carbocycles. The number of hydrogen-bond donors (Lipinski definition) is 1. The van der Waals surface area contributed by atoms with E-state index in [-0.39, 0.29) is 23.7 Å². The van der Waals surface area contributed by atoms with Gasteiger partial charge in [-0.2, -0.15) is 0 Å². The fourth-order valence-electron chi connectivity index (χ4n) is 6.43. The molecule has 2 unspecified atom stereocenters. The van der Waals surface area contributed by atoms with Gasteiger partial charge < -0.3 is 10.6 Å². The highest BCUT2D eigenvalue weighted by molar-refractivity contribution is 5.81. The molecule has 4 saturated heterocycles. The van der Waals surface area contributed by atoms with Crippen molar-refractivity contribution in [3.05, 3.63) is 60.8 Å². The fraction of sp³-hybridized carbons (Fsp3) is 0.448. The van der Waals surface area contributed by atoms with Crippen molar-refractivity contribution in [3.8, 4) is 22.4 Å². The second-order valence-corrected chi connectivity index (χ2v) is 10.8. The Labute approximate surface area is 217 Å². The molecule has 0 radical (unpaired) electrons. The maximum atomic E-state index is 13.3. The van der Waals surface area contributed by atoms with Crippen molar-refractivity contribution in [1.82, 2.24) is 24.8 Å². The minimum absolute atomic E-state index is 0.0598. The first kappa shape index (κ1) is 23.9. The Kier molecular flexibility index (Phi) is 6.50.